The van der Waals surface area contributed by atoms with Gasteiger partial charge < -0.3 is 9.15 Å². The standard InChI is InChI=1S/C19H17F4NO4S/c1-4-6-13(29(3,25)26)7-5-8-15-17(28-18(24-15)19(21,22)23)12-9-10-16(27-2)14(20)11-12/h4-11H,1-3H3/b6-4-,8-5+,13-7+. The highest BCUT2D eigenvalue weighted by atomic mass is 32.2. The van der Waals surface area contributed by atoms with Crippen molar-refractivity contribution in [3.63, 3.8) is 0 Å². The van der Waals surface area contributed by atoms with Gasteiger partial charge in [0, 0.05) is 11.8 Å². The molecule has 0 N–H and O–H groups in total. The maximum Gasteiger partial charge on any atom is 0.468 e. The number of sulfone groups is 1. The number of halogens is 4. The average Bonchev–Trinajstić information content (AvgIpc) is 3.04. The van der Waals surface area contributed by atoms with Crippen LogP contribution in [0.15, 0.2) is 51.8 Å². The van der Waals surface area contributed by atoms with Crippen LogP contribution in [0, 0.1) is 5.82 Å². The van der Waals surface area contributed by atoms with Gasteiger partial charge >= 0.3 is 12.1 Å². The van der Waals surface area contributed by atoms with Gasteiger partial charge in [0.05, 0.1) is 12.0 Å². The molecule has 0 saturated carbocycles. The van der Waals surface area contributed by atoms with Gasteiger partial charge in [-0.25, -0.2) is 17.8 Å². The number of hydrogen-bond donors (Lipinski definition) is 0. The third kappa shape index (κ3) is 5.57. The van der Waals surface area contributed by atoms with Gasteiger partial charge in [0.1, 0.15) is 5.69 Å². The largest absolute Gasteiger partial charge is 0.494 e. The number of oxazole rings is 1. The molecule has 0 aliphatic rings. The molecule has 5 nitrogen and oxygen atoms in total. The summed E-state index contributed by atoms with van der Waals surface area (Å²) in [6.07, 6.45) is 2.55. The summed E-state index contributed by atoms with van der Waals surface area (Å²) in [4.78, 5) is 3.36. The number of benzene rings is 1. The Labute approximate surface area is 164 Å². The van der Waals surface area contributed by atoms with Gasteiger partial charge in [-0.1, -0.05) is 12.2 Å². The van der Waals surface area contributed by atoms with Gasteiger partial charge in [0.15, 0.2) is 27.2 Å². The van der Waals surface area contributed by atoms with Crippen molar-refractivity contribution in [2.45, 2.75) is 13.1 Å². The first-order valence-electron chi connectivity index (χ1n) is 8.10. The van der Waals surface area contributed by atoms with Crippen molar-refractivity contribution in [1.29, 1.82) is 0 Å². The summed E-state index contributed by atoms with van der Waals surface area (Å²) in [6.45, 7) is 1.62. The molecule has 2 aromatic rings. The maximum atomic E-state index is 14.0. The van der Waals surface area contributed by atoms with E-state index in [1.807, 2.05) is 0 Å². The smallest absolute Gasteiger partial charge is 0.468 e. The second kappa shape index (κ2) is 8.64. The summed E-state index contributed by atoms with van der Waals surface area (Å²) in [5, 5.41) is 0. The minimum absolute atomic E-state index is 0.00622. The first-order chi connectivity index (χ1) is 13.5. The Morgan fingerprint density at radius 3 is 2.48 bits per heavy atom. The molecule has 10 heteroatoms. The summed E-state index contributed by atoms with van der Waals surface area (Å²) in [5.74, 6) is -2.72. The van der Waals surface area contributed by atoms with E-state index in [2.05, 4.69) is 4.98 Å². The van der Waals surface area contributed by atoms with E-state index in [1.165, 1.54) is 43.5 Å². The van der Waals surface area contributed by atoms with E-state index >= 15 is 0 Å². The highest BCUT2D eigenvalue weighted by Crippen LogP contribution is 2.35. The lowest BCUT2D eigenvalue weighted by atomic mass is 10.1. The fourth-order valence-electron chi connectivity index (χ4n) is 2.28. The van der Waals surface area contributed by atoms with Crippen LogP contribution in [0.2, 0.25) is 0 Å². The van der Waals surface area contributed by atoms with Crippen LogP contribution in [0.25, 0.3) is 17.4 Å². The van der Waals surface area contributed by atoms with Gasteiger partial charge in [-0.15, -0.1) is 0 Å². The fraction of sp³-hybridized carbons (Fsp3) is 0.211. The maximum absolute atomic E-state index is 14.0. The zero-order valence-electron chi connectivity index (χ0n) is 15.6. The lowest BCUT2D eigenvalue weighted by Gasteiger charge is -2.04. The molecule has 0 saturated heterocycles. The molecule has 156 valence electrons. The molecule has 0 spiro atoms. The van der Waals surface area contributed by atoms with Crippen LogP contribution >= 0.6 is 0 Å². The van der Waals surface area contributed by atoms with Crippen LogP contribution in [0.3, 0.4) is 0 Å². The number of ether oxygens (including phenoxy) is 1. The normalized spacial score (nSPS) is 13.6. The van der Waals surface area contributed by atoms with Crippen molar-refractivity contribution >= 4 is 15.9 Å². The van der Waals surface area contributed by atoms with Crippen molar-refractivity contribution in [2.75, 3.05) is 13.4 Å². The van der Waals surface area contributed by atoms with Crippen LogP contribution in [0.4, 0.5) is 17.6 Å². The molecule has 0 atom stereocenters. The number of hydrogen-bond acceptors (Lipinski definition) is 5. The minimum Gasteiger partial charge on any atom is -0.494 e. The Morgan fingerprint density at radius 1 is 1.28 bits per heavy atom. The molecule has 0 amide bonds. The average molecular weight is 431 g/mol. The molecule has 0 radical (unpaired) electrons. The number of methoxy groups -OCH3 is 1. The lowest BCUT2D eigenvalue weighted by molar-refractivity contribution is -0.156. The van der Waals surface area contributed by atoms with Crippen LogP contribution in [-0.2, 0) is 16.0 Å². The first kappa shape index (κ1) is 22.4. The van der Waals surface area contributed by atoms with E-state index in [1.54, 1.807) is 6.92 Å². The highest BCUT2D eigenvalue weighted by molar-refractivity contribution is 7.94. The Balaban J connectivity index is 2.56. The Hall–Kier alpha value is -2.88. The topological polar surface area (TPSA) is 69.4 Å². The molecule has 2 rings (SSSR count). The molecule has 0 aliphatic heterocycles. The van der Waals surface area contributed by atoms with Crippen molar-refractivity contribution in [2.24, 2.45) is 0 Å². The van der Waals surface area contributed by atoms with E-state index in [-0.39, 0.29) is 27.7 Å². The van der Waals surface area contributed by atoms with Gasteiger partial charge in [-0.05, 0) is 43.4 Å². The van der Waals surface area contributed by atoms with Crippen LogP contribution in [0.1, 0.15) is 18.5 Å². The second-order valence-electron chi connectivity index (χ2n) is 5.78. The van der Waals surface area contributed by atoms with E-state index in [9.17, 15) is 26.0 Å². The second-order valence-corrected chi connectivity index (χ2v) is 7.80. The van der Waals surface area contributed by atoms with Crippen LogP contribution < -0.4 is 4.74 Å². The van der Waals surface area contributed by atoms with E-state index in [4.69, 9.17) is 9.15 Å². The zero-order valence-corrected chi connectivity index (χ0v) is 16.4. The summed E-state index contributed by atoms with van der Waals surface area (Å²) >= 11 is 0. The Bertz CT molecular complexity index is 1080. The Morgan fingerprint density at radius 2 is 1.97 bits per heavy atom. The number of nitrogens with zero attached hydrogens (tertiary/aromatic N) is 1. The molecule has 0 fully saturated rings. The van der Waals surface area contributed by atoms with Crippen LogP contribution in [-0.4, -0.2) is 26.8 Å². The van der Waals surface area contributed by atoms with E-state index in [0.29, 0.717) is 0 Å². The number of aromatic nitrogens is 1. The third-order valence-electron chi connectivity index (χ3n) is 3.58. The number of alkyl halides is 3. The molecule has 1 aromatic heterocycles. The monoisotopic (exact) mass is 431 g/mol. The SMILES string of the molecule is C\C=C/C(=C\C=C\c1nc(C(F)(F)F)oc1-c1ccc(OC)c(F)c1)S(C)(=O)=O. The third-order valence-corrected chi connectivity index (χ3v) is 4.71. The summed E-state index contributed by atoms with van der Waals surface area (Å²) < 4.78 is 86.0. The molecule has 1 aromatic carbocycles. The quantitative estimate of drug-likeness (QED) is 0.474. The summed E-state index contributed by atoms with van der Waals surface area (Å²) in [7, 11) is -2.29. The molecule has 0 bridgehead atoms. The molecule has 1 heterocycles. The molecular weight excluding hydrogens is 414 g/mol. The summed E-state index contributed by atoms with van der Waals surface area (Å²) in [6, 6.07) is 3.51. The Kier molecular flexibility index (Phi) is 6.68. The van der Waals surface area contributed by atoms with Gasteiger partial charge in [0.2, 0.25) is 0 Å². The van der Waals surface area contributed by atoms with Gasteiger partial charge in [0.25, 0.3) is 0 Å². The first-order valence-corrected chi connectivity index (χ1v) is 9.99. The minimum atomic E-state index is -4.86. The van der Waals surface area contributed by atoms with Gasteiger partial charge in [-0.2, -0.15) is 13.2 Å². The van der Waals surface area contributed by atoms with E-state index in [0.717, 1.165) is 18.4 Å². The van der Waals surface area contributed by atoms with Crippen molar-refractivity contribution in [3.05, 3.63) is 64.8 Å². The predicted octanol–water partition coefficient (Wildman–Crippen LogP) is 5.03. The summed E-state index contributed by atoms with van der Waals surface area (Å²) in [5.41, 5.74) is -0.238. The highest BCUT2D eigenvalue weighted by Gasteiger charge is 2.38. The van der Waals surface area contributed by atoms with Crippen molar-refractivity contribution in [3.8, 4) is 17.1 Å². The molecule has 29 heavy (non-hydrogen) atoms. The number of allylic oxidation sites excluding steroid dienone is 4. The molecular formula is C19H17F4NO4S. The number of rotatable bonds is 6. The van der Waals surface area contributed by atoms with Gasteiger partial charge in [-0.3, -0.25) is 0 Å². The lowest BCUT2D eigenvalue weighted by Crippen LogP contribution is -2.04. The molecule has 0 unspecified atom stereocenters. The predicted molar refractivity (Wildman–Crippen MR) is 100 cm³/mol. The van der Waals surface area contributed by atoms with Crippen molar-refractivity contribution < 1.29 is 35.1 Å². The fourth-order valence-corrected chi connectivity index (χ4v) is 2.99. The van der Waals surface area contributed by atoms with E-state index < -0.39 is 27.7 Å². The molecule has 0 aliphatic carbocycles. The van der Waals surface area contributed by atoms with Crippen molar-refractivity contribution in [1.82, 2.24) is 4.98 Å². The van der Waals surface area contributed by atoms with Crippen LogP contribution in [0.5, 0.6) is 5.75 Å². The zero-order chi connectivity index (χ0) is 21.8.